The fourth-order valence-electron chi connectivity index (χ4n) is 1.86. The van der Waals surface area contributed by atoms with Gasteiger partial charge in [-0.2, -0.15) is 0 Å². The Bertz CT molecular complexity index is 468. The molecule has 1 saturated heterocycles. The molecule has 2 rings (SSSR count). The molecule has 1 heterocycles. The summed E-state index contributed by atoms with van der Waals surface area (Å²) in [5, 5.41) is 2.28. The summed E-state index contributed by atoms with van der Waals surface area (Å²) in [6, 6.07) is 6.26. The van der Waals surface area contributed by atoms with E-state index in [9.17, 15) is 9.59 Å². The summed E-state index contributed by atoms with van der Waals surface area (Å²) in [4.78, 5) is 24.4. The van der Waals surface area contributed by atoms with Crippen LogP contribution >= 0.6 is 0 Å². The van der Waals surface area contributed by atoms with Gasteiger partial charge in [0.25, 0.3) is 5.91 Å². The molecule has 1 unspecified atom stereocenters. The standard InChI is InChI=1S/C13H16N2O3/c1-8(2)18-11-6-4-10(5-7-11)15-9(3)12(16)14-13(15)17/h4-9H,1-3H3,(H,14,16,17). The average Bonchev–Trinajstić information content (AvgIpc) is 2.54. The molecule has 1 atom stereocenters. The minimum atomic E-state index is -0.477. The summed E-state index contributed by atoms with van der Waals surface area (Å²) in [5.74, 6) is 0.467. The second kappa shape index (κ2) is 4.68. The Morgan fingerprint density at radius 1 is 1.22 bits per heavy atom. The lowest BCUT2D eigenvalue weighted by Gasteiger charge is -2.19. The van der Waals surface area contributed by atoms with E-state index in [4.69, 9.17) is 4.74 Å². The summed E-state index contributed by atoms with van der Waals surface area (Å²) < 4.78 is 5.52. The quantitative estimate of drug-likeness (QED) is 0.831. The minimum Gasteiger partial charge on any atom is -0.491 e. The van der Waals surface area contributed by atoms with E-state index in [1.165, 1.54) is 4.90 Å². The van der Waals surface area contributed by atoms with Gasteiger partial charge in [0.15, 0.2) is 0 Å². The van der Waals surface area contributed by atoms with Crippen molar-refractivity contribution >= 4 is 17.6 Å². The van der Waals surface area contributed by atoms with Crippen LogP contribution in [0.25, 0.3) is 0 Å². The molecule has 18 heavy (non-hydrogen) atoms. The number of anilines is 1. The fraction of sp³-hybridized carbons (Fsp3) is 0.385. The normalized spacial score (nSPS) is 19.3. The van der Waals surface area contributed by atoms with Gasteiger partial charge in [-0.25, -0.2) is 4.79 Å². The van der Waals surface area contributed by atoms with Gasteiger partial charge < -0.3 is 4.74 Å². The lowest BCUT2D eigenvalue weighted by Crippen LogP contribution is -2.32. The summed E-state index contributed by atoms with van der Waals surface area (Å²) in [7, 11) is 0. The number of imide groups is 1. The molecule has 96 valence electrons. The van der Waals surface area contributed by atoms with Crippen LogP contribution in [0.15, 0.2) is 24.3 Å². The number of carbonyl (C=O) groups excluding carboxylic acids is 2. The Kier molecular flexibility index (Phi) is 3.23. The van der Waals surface area contributed by atoms with Gasteiger partial charge >= 0.3 is 6.03 Å². The number of hydrogen-bond acceptors (Lipinski definition) is 3. The SMILES string of the molecule is CC(C)Oc1ccc(N2C(=O)NC(=O)C2C)cc1. The molecule has 3 amide bonds. The second-order valence-corrected chi connectivity index (χ2v) is 4.50. The van der Waals surface area contributed by atoms with Crippen LogP contribution in [0, 0.1) is 0 Å². The van der Waals surface area contributed by atoms with Crippen molar-refractivity contribution in [3.05, 3.63) is 24.3 Å². The average molecular weight is 248 g/mol. The monoisotopic (exact) mass is 248 g/mol. The topological polar surface area (TPSA) is 58.6 Å². The highest BCUT2D eigenvalue weighted by Gasteiger charge is 2.35. The van der Waals surface area contributed by atoms with Crippen molar-refractivity contribution < 1.29 is 14.3 Å². The largest absolute Gasteiger partial charge is 0.491 e. The molecule has 1 aromatic carbocycles. The second-order valence-electron chi connectivity index (χ2n) is 4.50. The number of hydrogen-bond donors (Lipinski definition) is 1. The van der Waals surface area contributed by atoms with Crippen molar-refractivity contribution in [3.63, 3.8) is 0 Å². The van der Waals surface area contributed by atoms with Gasteiger partial charge in [-0.15, -0.1) is 0 Å². The van der Waals surface area contributed by atoms with Crippen LogP contribution in [0.3, 0.4) is 0 Å². The lowest BCUT2D eigenvalue weighted by atomic mass is 10.2. The van der Waals surface area contributed by atoms with Gasteiger partial charge in [-0.3, -0.25) is 15.0 Å². The van der Waals surface area contributed by atoms with Crippen molar-refractivity contribution in [2.45, 2.75) is 32.9 Å². The molecule has 0 aromatic heterocycles. The maximum absolute atomic E-state index is 11.6. The first-order valence-electron chi connectivity index (χ1n) is 5.90. The first kappa shape index (κ1) is 12.4. The zero-order valence-electron chi connectivity index (χ0n) is 10.6. The lowest BCUT2D eigenvalue weighted by molar-refractivity contribution is -0.119. The molecule has 0 saturated carbocycles. The van der Waals surface area contributed by atoms with Crippen molar-refractivity contribution in [3.8, 4) is 5.75 Å². The van der Waals surface area contributed by atoms with Gasteiger partial charge in [0.05, 0.1) is 6.10 Å². The molecular formula is C13H16N2O3. The van der Waals surface area contributed by atoms with Crippen LogP contribution in [0.2, 0.25) is 0 Å². The van der Waals surface area contributed by atoms with Crippen LogP contribution in [0.5, 0.6) is 5.75 Å². The molecular weight excluding hydrogens is 232 g/mol. The molecule has 0 spiro atoms. The maximum atomic E-state index is 11.6. The van der Waals surface area contributed by atoms with E-state index in [1.54, 1.807) is 31.2 Å². The van der Waals surface area contributed by atoms with E-state index >= 15 is 0 Å². The van der Waals surface area contributed by atoms with Crippen molar-refractivity contribution in [1.29, 1.82) is 0 Å². The van der Waals surface area contributed by atoms with E-state index in [1.807, 2.05) is 13.8 Å². The van der Waals surface area contributed by atoms with Gasteiger partial charge in [-0.1, -0.05) is 0 Å². The molecule has 1 aliphatic rings. The van der Waals surface area contributed by atoms with Crippen molar-refractivity contribution in [1.82, 2.24) is 5.32 Å². The van der Waals surface area contributed by atoms with Crippen molar-refractivity contribution in [2.75, 3.05) is 4.90 Å². The number of carbonyl (C=O) groups is 2. The maximum Gasteiger partial charge on any atom is 0.329 e. The third-order valence-corrected chi connectivity index (χ3v) is 2.70. The highest BCUT2D eigenvalue weighted by atomic mass is 16.5. The summed E-state index contributed by atoms with van der Waals surface area (Å²) in [6.07, 6.45) is 0.103. The smallest absolute Gasteiger partial charge is 0.329 e. The van der Waals surface area contributed by atoms with E-state index in [0.29, 0.717) is 5.69 Å². The Morgan fingerprint density at radius 2 is 1.83 bits per heavy atom. The number of urea groups is 1. The van der Waals surface area contributed by atoms with Crippen LogP contribution in [-0.4, -0.2) is 24.1 Å². The predicted molar refractivity (Wildman–Crippen MR) is 67.7 cm³/mol. The summed E-state index contributed by atoms with van der Waals surface area (Å²) in [5.41, 5.74) is 0.682. The Morgan fingerprint density at radius 3 is 2.28 bits per heavy atom. The molecule has 1 aliphatic heterocycles. The molecule has 1 fully saturated rings. The number of nitrogens with one attached hydrogen (secondary N) is 1. The third kappa shape index (κ3) is 2.30. The molecule has 5 heteroatoms. The van der Waals surface area contributed by atoms with E-state index in [2.05, 4.69) is 5.32 Å². The molecule has 0 bridgehead atoms. The minimum absolute atomic E-state index is 0.103. The van der Waals surface area contributed by atoms with E-state index < -0.39 is 6.04 Å². The highest BCUT2D eigenvalue weighted by Crippen LogP contribution is 2.24. The van der Waals surface area contributed by atoms with Gasteiger partial charge in [-0.05, 0) is 45.0 Å². The highest BCUT2D eigenvalue weighted by molar-refractivity contribution is 6.14. The number of benzene rings is 1. The Labute approximate surface area is 106 Å². The molecule has 1 N–H and O–H groups in total. The first-order chi connectivity index (χ1) is 8.49. The van der Waals surface area contributed by atoms with E-state index in [0.717, 1.165) is 5.75 Å². The van der Waals surface area contributed by atoms with E-state index in [-0.39, 0.29) is 18.0 Å². The number of amides is 3. The Hall–Kier alpha value is -2.04. The third-order valence-electron chi connectivity index (χ3n) is 2.70. The van der Waals surface area contributed by atoms with Gasteiger partial charge in [0.2, 0.25) is 0 Å². The summed E-state index contributed by atoms with van der Waals surface area (Å²) in [6.45, 7) is 5.59. The zero-order valence-corrected chi connectivity index (χ0v) is 10.6. The van der Waals surface area contributed by atoms with Gasteiger partial charge in [0, 0.05) is 5.69 Å². The van der Waals surface area contributed by atoms with Crippen LogP contribution in [-0.2, 0) is 4.79 Å². The molecule has 0 radical (unpaired) electrons. The predicted octanol–water partition coefficient (Wildman–Crippen LogP) is 1.92. The van der Waals surface area contributed by atoms with Crippen LogP contribution in [0.1, 0.15) is 20.8 Å². The Balaban J connectivity index is 2.19. The molecule has 5 nitrogen and oxygen atoms in total. The number of nitrogens with zero attached hydrogens (tertiary/aromatic N) is 1. The number of ether oxygens (including phenoxy) is 1. The van der Waals surface area contributed by atoms with Crippen LogP contribution in [0.4, 0.5) is 10.5 Å². The molecule has 0 aliphatic carbocycles. The number of rotatable bonds is 3. The van der Waals surface area contributed by atoms with Gasteiger partial charge in [0.1, 0.15) is 11.8 Å². The first-order valence-corrected chi connectivity index (χ1v) is 5.90. The summed E-state index contributed by atoms with van der Waals surface area (Å²) >= 11 is 0. The van der Waals surface area contributed by atoms with Crippen molar-refractivity contribution in [2.24, 2.45) is 0 Å². The fourth-order valence-corrected chi connectivity index (χ4v) is 1.86. The zero-order chi connectivity index (χ0) is 13.3. The molecule has 1 aromatic rings. The van der Waals surface area contributed by atoms with Crippen LogP contribution < -0.4 is 15.0 Å².